The van der Waals surface area contributed by atoms with Gasteiger partial charge in [-0.1, -0.05) is 18.2 Å². The van der Waals surface area contributed by atoms with Gasteiger partial charge in [-0.15, -0.1) is 0 Å². The number of carbonyl (C=O) groups excluding carboxylic acids is 1. The van der Waals surface area contributed by atoms with Crippen LogP contribution in [0.15, 0.2) is 52.9 Å². The number of nitrogens with zero attached hydrogens (tertiary/aromatic N) is 1. The van der Waals surface area contributed by atoms with Gasteiger partial charge in [0.15, 0.2) is 17.2 Å². The number of amides is 1. The number of oxazole rings is 1. The number of benzene rings is 2. The van der Waals surface area contributed by atoms with Gasteiger partial charge >= 0.3 is 0 Å². The molecule has 0 bridgehead atoms. The first kappa shape index (κ1) is 20.0. The van der Waals surface area contributed by atoms with Crippen LogP contribution in [-0.4, -0.2) is 38.3 Å². The summed E-state index contributed by atoms with van der Waals surface area (Å²) in [5.41, 5.74) is 1.75. The van der Waals surface area contributed by atoms with Crippen molar-refractivity contribution in [3.63, 3.8) is 0 Å². The lowest BCUT2D eigenvalue weighted by molar-refractivity contribution is 0.102. The number of nitrogens with one attached hydrogen (secondary N) is 1. The summed E-state index contributed by atoms with van der Waals surface area (Å²) in [7, 11) is 3.18. The summed E-state index contributed by atoms with van der Waals surface area (Å²) in [4.78, 5) is 17.5. The van der Waals surface area contributed by atoms with E-state index >= 15 is 0 Å². The lowest BCUT2D eigenvalue weighted by Crippen LogP contribution is -2.14. The standard InChI is InChI=1S/C23H24N2O5/c1-27-12-13-29-19-14-17(10-11-18(19)28-2)24-22(26)20-21(15-8-9-15)30-23(25-20)16-6-4-3-5-7-16/h3-7,10-11,14-15H,8-9,12-13H2,1-2H3,(H,24,26). The Hall–Kier alpha value is -3.32. The van der Waals surface area contributed by atoms with Crippen molar-refractivity contribution in [2.75, 3.05) is 32.8 Å². The van der Waals surface area contributed by atoms with Crippen LogP contribution < -0.4 is 14.8 Å². The minimum Gasteiger partial charge on any atom is -0.493 e. The second kappa shape index (κ2) is 9.00. The fourth-order valence-electron chi connectivity index (χ4n) is 3.11. The summed E-state index contributed by atoms with van der Waals surface area (Å²) < 4.78 is 22.0. The zero-order valence-corrected chi connectivity index (χ0v) is 17.0. The normalized spacial score (nSPS) is 13.1. The van der Waals surface area contributed by atoms with Crippen molar-refractivity contribution in [2.24, 2.45) is 0 Å². The van der Waals surface area contributed by atoms with Gasteiger partial charge in [0.2, 0.25) is 5.89 Å². The van der Waals surface area contributed by atoms with Crippen LogP contribution in [0.25, 0.3) is 11.5 Å². The maximum atomic E-state index is 13.0. The van der Waals surface area contributed by atoms with E-state index in [1.165, 1.54) is 0 Å². The number of anilines is 1. The molecule has 30 heavy (non-hydrogen) atoms. The molecule has 7 nitrogen and oxygen atoms in total. The Balaban J connectivity index is 1.56. The molecule has 0 spiro atoms. The van der Waals surface area contributed by atoms with E-state index in [4.69, 9.17) is 18.6 Å². The van der Waals surface area contributed by atoms with Crippen LogP contribution in [0.1, 0.15) is 35.0 Å². The SMILES string of the molecule is COCCOc1cc(NC(=O)c2nc(-c3ccccc3)oc2C2CC2)ccc1OC. The molecule has 1 aliphatic carbocycles. The smallest absolute Gasteiger partial charge is 0.277 e. The third kappa shape index (κ3) is 4.46. The topological polar surface area (TPSA) is 82.8 Å². The molecule has 0 radical (unpaired) electrons. The Morgan fingerprint density at radius 1 is 1.10 bits per heavy atom. The molecular weight excluding hydrogens is 384 g/mol. The Morgan fingerprint density at radius 2 is 1.90 bits per heavy atom. The predicted octanol–water partition coefficient (Wildman–Crippen LogP) is 4.51. The Morgan fingerprint density at radius 3 is 2.60 bits per heavy atom. The number of hydrogen-bond donors (Lipinski definition) is 1. The minimum atomic E-state index is -0.309. The zero-order valence-electron chi connectivity index (χ0n) is 17.0. The van der Waals surface area contributed by atoms with Gasteiger partial charge in [0, 0.05) is 30.3 Å². The molecule has 1 N–H and O–H groups in total. The number of methoxy groups -OCH3 is 2. The number of hydrogen-bond acceptors (Lipinski definition) is 6. The molecule has 156 valence electrons. The van der Waals surface area contributed by atoms with Crippen molar-refractivity contribution >= 4 is 11.6 Å². The first-order valence-electron chi connectivity index (χ1n) is 9.87. The van der Waals surface area contributed by atoms with Gasteiger partial charge in [0.25, 0.3) is 5.91 Å². The average molecular weight is 408 g/mol. The van der Waals surface area contributed by atoms with Crippen molar-refractivity contribution in [2.45, 2.75) is 18.8 Å². The molecule has 2 aromatic carbocycles. The van der Waals surface area contributed by atoms with Gasteiger partial charge in [-0.2, -0.15) is 0 Å². The number of carbonyl (C=O) groups is 1. The van der Waals surface area contributed by atoms with Crippen LogP contribution in [0.4, 0.5) is 5.69 Å². The molecule has 1 fully saturated rings. The maximum Gasteiger partial charge on any atom is 0.277 e. The van der Waals surface area contributed by atoms with Gasteiger partial charge in [-0.3, -0.25) is 4.79 Å². The van der Waals surface area contributed by atoms with Crippen molar-refractivity contribution in [1.29, 1.82) is 0 Å². The third-order valence-electron chi connectivity index (χ3n) is 4.80. The Kier molecular flexibility index (Phi) is 5.99. The Labute approximate surface area is 175 Å². The van der Waals surface area contributed by atoms with Crippen molar-refractivity contribution in [3.8, 4) is 23.0 Å². The van der Waals surface area contributed by atoms with E-state index in [1.54, 1.807) is 32.4 Å². The molecule has 1 aromatic heterocycles. The molecule has 4 rings (SSSR count). The molecule has 1 heterocycles. The van der Waals surface area contributed by atoms with Crippen molar-refractivity contribution in [1.82, 2.24) is 4.98 Å². The summed E-state index contributed by atoms with van der Waals surface area (Å²) >= 11 is 0. The molecule has 1 amide bonds. The van der Waals surface area contributed by atoms with Gasteiger partial charge in [0.1, 0.15) is 12.4 Å². The van der Waals surface area contributed by atoms with Gasteiger partial charge in [-0.05, 0) is 37.1 Å². The summed E-state index contributed by atoms with van der Waals surface area (Å²) in [6, 6.07) is 14.8. The number of ether oxygens (including phenoxy) is 3. The largest absolute Gasteiger partial charge is 0.493 e. The average Bonchev–Trinajstić information content (AvgIpc) is 3.52. The summed E-state index contributed by atoms with van der Waals surface area (Å²) in [5, 5.41) is 2.90. The van der Waals surface area contributed by atoms with Crippen molar-refractivity contribution < 1.29 is 23.4 Å². The summed E-state index contributed by atoms with van der Waals surface area (Å²) in [5.74, 6) is 2.16. The van der Waals surface area contributed by atoms with Crippen LogP contribution >= 0.6 is 0 Å². The van der Waals surface area contributed by atoms with Gasteiger partial charge in [-0.25, -0.2) is 4.98 Å². The van der Waals surface area contributed by atoms with Crippen molar-refractivity contribution in [3.05, 3.63) is 60.0 Å². The van der Waals surface area contributed by atoms with Crippen LogP contribution in [0.5, 0.6) is 11.5 Å². The molecule has 0 atom stereocenters. The van der Waals surface area contributed by atoms with Crippen LogP contribution in [0.3, 0.4) is 0 Å². The highest BCUT2D eigenvalue weighted by Gasteiger charge is 2.34. The fraction of sp³-hybridized carbons (Fsp3) is 0.304. The van der Waals surface area contributed by atoms with E-state index in [2.05, 4.69) is 10.3 Å². The van der Waals surface area contributed by atoms with Crippen LogP contribution in [-0.2, 0) is 4.74 Å². The highest BCUT2D eigenvalue weighted by Crippen LogP contribution is 2.43. The van der Waals surface area contributed by atoms with Crippen LogP contribution in [0, 0.1) is 0 Å². The van der Waals surface area contributed by atoms with E-state index in [0.717, 1.165) is 18.4 Å². The molecule has 1 aliphatic rings. The molecule has 0 saturated heterocycles. The van der Waals surface area contributed by atoms with E-state index in [9.17, 15) is 4.79 Å². The lowest BCUT2D eigenvalue weighted by atomic mass is 10.2. The third-order valence-corrected chi connectivity index (χ3v) is 4.80. The highest BCUT2D eigenvalue weighted by molar-refractivity contribution is 6.04. The molecule has 7 heteroatoms. The fourth-order valence-corrected chi connectivity index (χ4v) is 3.11. The minimum absolute atomic E-state index is 0.250. The quantitative estimate of drug-likeness (QED) is 0.525. The summed E-state index contributed by atoms with van der Waals surface area (Å²) in [6.45, 7) is 0.825. The monoisotopic (exact) mass is 408 g/mol. The predicted molar refractivity (Wildman–Crippen MR) is 112 cm³/mol. The summed E-state index contributed by atoms with van der Waals surface area (Å²) in [6.07, 6.45) is 2.01. The van der Waals surface area contributed by atoms with E-state index in [0.29, 0.717) is 47.7 Å². The van der Waals surface area contributed by atoms with E-state index in [1.807, 2.05) is 30.3 Å². The number of aromatic nitrogens is 1. The molecule has 0 aliphatic heterocycles. The first-order valence-corrected chi connectivity index (χ1v) is 9.87. The van der Waals surface area contributed by atoms with E-state index < -0.39 is 0 Å². The van der Waals surface area contributed by atoms with E-state index in [-0.39, 0.29) is 11.8 Å². The van der Waals surface area contributed by atoms with Gasteiger partial charge < -0.3 is 23.9 Å². The molecule has 1 saturated carbocycles. The second-order valence-electron chi connectivity index (χ2n) is 7.03. The highest BCUT2D eigenvalue weighted by atomic mass is 16.5. The maximum absolute atomic E-state index is 13.0. The zero-order chi connectivity index (χ0) is 20.9. The molecular formula is C23H24N2O5. The first-order chi connectivity index (χ1) is 14.7. The second-order valence-corrected chi connectivity index (χ2v) is 7.03. The molecule has 3 aromatic rings. The van der Waals surface area contributed by atoms with Gasteiger partial charge in [0.05, 0.1) is 13.7 Å². The number of rotatable bonds is 9. The lowest BCUT2D eigenvalue weighted by Gasteiger charge is -2.12. The van der Waals surface area contributed by atoms with Crippen LogP contribution in [0.2, 0.25) is 0 Å². The Bertz CT molecular complexity index is 1010. The molecule has 0 unspecified atom stereocenters.